The molecular formula is C19H27NO7. The largest absolute Gasteiger partial charge is 0.458 e. The maximum atomic E-state index is 12.3. The van der Waals surface area contributed by atoms with E-state index in [1.165, 1.54) is 18.2 Å². The summed E-state index contributed by atoms with van der Waals surface area (Å²) in [5.74, 6) is -2.65. The number of ether oxygens (including phenoxy) is 3. The summed E-state index contributed by atoms with van der Waals surface area (Å²) in [6, 6.07) is 2.41. The average Bonchev–Trinajstić information content (AvgIpc) is 2.50. The van der Waals surface area contributed by atoms with Crippen molar-refractivity contribution in [2.45, 2.75) is 65.4 Å². The van der Waals surface area contributed by atoms with E-state index >= 15 is 0 Å². The fourth-order valence-corrected chi connectivity index (χ4v) is 1.92. The Morgan fingerprint density at radius 1 is 1.00 bits per heavy atom. The molecule has 8 heteroatoms. The fraction of sp³-hybridized carbons (Fsp3) is 0.526. The van der Waals surface area contributed by atoms with Crippen LogP contribution in [0.5, 0.6) is 5.75 Å². The molecule has 27 heavy (non-hydrogen) atoms. The van der Waals surface area contributed by atoms with Crippen LogP contribution in [-0.2, 0) is 25.7 Å². The van der Waals surface area contributed by atoms with Crippen LogP contribution in [-0.4, -0.2) is 40.3 Å². The topological polar surface area (TPSA) is 125 Å². The van der Waals surface area contributed by atoms with Crippen LogP contribution in [0.25, 0.3) is 0 Å². The summed E-state index contributed by atoms with van der Waals surface area (Å²) >= 11 is 0. The highest BCUT2D eigenvalue weighted by atomic mass is 16.6. The van der Waals surface area contributed by atoms with E-state index in [9.17, 15) is 19.5 Å². The van der Waals surface area contributed by atoms with Gasteiger partial charge in [-0.15, -0.1) is 0 Å². The van der Waals surface area contributed by atoms with Crippen molar-refractivity contribution in [1.29, 1.82) is 0 Å². The number of carbonyl (C=O) groups excluding carboxylic acids is 3. The lowest BCUT2D eigenvalue weighted by Gasteiger charge is -2.22. The minimum Gasteiger partial charge on any atom is -0.458 e. The second-order valence-corrected chi connectivity index (χ2v) is 7.91. The van der Waals surface area contributed by atoms with Crippen LogP contribution in [0.15, 0.2) is 18.2 Å². The number of esters is 3. The summed E-state index contributed by atoms with van der Waals surface area (Å²) < 4.78 is 15.4. The Hall–Kier alpha value is -2.45. The summed E-state index contributed by atoms with van der Waals surface area (Å²) in [4.78, 5) is 36.3. The van der Waals surface area contributed by atoms with Gasteiger partial charge in [-0.1, -0.05) is 6.07 Å². The van der Waals surface area contributed by atoms with Crippen LogP contribution in [0.4, 0.5) is 0 Å². The molecule has 0 heterocycles. The molecule has 1 rings (SSSR count). The number of benzene rings is 1. The highest BCUT2D eigenvalue weighted by Gasteiger charge is 2.30. The molecule has 0 saturated carbocycles. The molecule has 0 aliphatic heterocycles. The fourth-order valence-electron chi connectivity index (χ4n) is 1.92. The molecule has 0 aliphatic carbocycles. The third-order valence-electron chi connectivity index (χ3n) is 3.00. The molecule has 0 radical (unpaired) electrons. The van der Waals surface area contributed by atoms with Crippen LogP contribution in [0, 0.1) is 0 Å². The highest BCUT2D eigenvalue weighted by molar-refractivity contribution is 6.00. The average molecular weight is 381 g/mol. The first-order valence-corrected chi connectivity index (χ1v) is 8.41. The van der Waals surface area contributed by atoms with Crippen molar-refractivity contribution >= 4 is 17.9 Å². The van der Waals surface area contributed by atoms with Crippen molar-refractivity contribution in [3.8, 4) is 5.75 Å². The zero-order valence-electron chi connectivity index (χ0n) is 16.5. The number of aliphatic hydroxyl groups excluding tert-OH is 1. The van der Waals surface area contributed by atoms with Gasteiger partial charge in [0.1, 0.15) is 17.0 Å². The van der Waals surface area contributed by atoms with E-state index < -0.39 is 41.8 Å². The van der Waals surface area contributed by atoms with Crippen LogP contribution in [0.2, 0.25) is 0 Å². The van der Waals surface area contributed by atoms with Gasteiger partial charge in [0.05, 0.1) is 12.2 Å². The van der Waals surface area contributed by atoms with Crippen molar-refractivity contribution in [3.05, 3.63) is 29.3 Å². The predicted molar refractivity (Wildman–Crippen MR) is 97.0 cm³/mol. The van der Waals surface area contributed by atoms with Gasteiger partial charge in [-0.2, -0.15) is 0 Å². The normalized spacial score (nSPS) is 12.9. The molecule has 0 fully saturated rings. The molecular weight excluding hydrogens is 354 g/mol. The van der Waals surface area contributed by atoms with E-state index in [-0.39, 0.29) is 11.3 Å². The number of nitrogens with two attached hydrogens (primary N) is 1. The summed E-state index contributed by atoms with van der Waals surface area (Å²) in [7, 11) is 0. The van der Waals surface area contributed by atoms with E-state index in [2.05, 4.69) is 0 Å². The number of carbonyl (C=O) groups is 3. The van der Waals surface area contributed by atoms with Gasteiger partial charge in [0, 0.05) is 0 Å². The van der Waals surface area contributed by atoms with Crippen molar-refractivity contribution in [1.82, 2.24) is 0 Å². The van der Waals surface area contributed by atoms with Gasteiger partial charge in [-0.05, 0) is 59.2 Å². The molecule has 0 aromatic heterocycles. The number of hydrogen-bond acceptors (Lipinski definition) is 8. The van der Waals surface area contributed by atoms with Gasteiger partial charge in [-0.25, -0.2) is 14.4 Å². The standard InChI is InChI=1S/C19H27NO7/c1-18(2,3)26-15(22)13-9-12(8-7-11(13)10-21)25-16(23)14(20)17(24)27-19(4,5)6/h7-9,14,21H,10,20H2,1-6H3. The highest BCUT2D eigenvalue weighted by Crippen LogP contribution is 2.22. The summed E-state index contributed by atoms with van der Waals surface area (Å²) in [5, 5.41) is 9.41. The molecule has 0 spiro atoms. The first kappa shape index (κ1) is 22.6. The van der Waals surface area contributed by atoms with Gasteiger partial charge < -0.3 is 25.1 Å². The first-order valence-electron chi connectivity index (χ1n) is 8.41. The van der Waals surface area contributed by atoms with Crippen molar-refractivity contribution < 1.29 is 33.7 Å². The van der Waals surface area contributed by atoms with E-state index in [0.29, 0.717) is 5.56 Å². The second kappa shape index (κ2) is 8.49. The van der Waals surface area contributed by atoms with Crippen LogP contribution in [0.3, 0.4) is 0 Å². The molecule has 150 valence electrons. The molecule has 0 amide bonds. The van der Waals surface area contributed by atoms with Crippen LogP contribution < -0.4 is 10.5 Å². The zero-order valence-corrected chi connectivity index (χ0v) is 16.5. The van der Waals surface area contributed by atoms with Gasteiger partial charge in [0.2, 0.25) is 6.04 Å². The van der Waals surface area contributed by atoms with Crippen molar-refractivity contribution in [3.63, 3.8) is 0 Å². The molecule has 1 unspecified atom stereocenters. The van der Waals surface area contributed by atoms with Gasteiger partial charge in [0.15, 0.2) is 0 Å². The molecule has 0 aliphatic rings. The zero-order chi connectivity index (χ0) is 21.0. The Labute approximate surface area is 158 Å². The molecule has 1 aromatic rings. The van der Waals surface area contributed by atoms with E-state index in [0.717, 1.165) is 0 Å². The third kappa shape index (κ3) is 7.36. The number of rotatable bonds is 5. The SMILES string of the molecule is CC(C)(C)OC(=O)c1cc(OC(=O)C(N)C(=O)OC(C)(C)C)ccc1CO. The quantitative estimate of drug-likeness (QED) is 0.448. The van der Waals surface area contributed by atoms with Crippen molar-refractivity contribution in [2.75, 3.05) is 0 Å². The smallest absolute Gasteiger partial charge is 0.340 e. The maximum absolute atomic E-state index is 12.3. The Kier molecular flexibility index (Phi) is 7.11. The van der Waals surface area contributed by atoms with E-state index in [1.807, 2.05) is 0 Å². The Morgan fingerprint density at radius 3 is 2.04 bits per heavy atom. The first-order chi connectivity index (χ1) is 12.2. The number of hydrogen-bond donors (Lipinski definition) is 2. The summed E-state index contributed by atoms with van der Waals surface area (Å²) in [5.41, 5.74) is 4.38. The molecule has 0 saturated heterocycles. The molecule has 1 aromatic carbocycles. The molecule has 0 bridgehead atoms. The number of aliphatic hydroxyl groups is 1. The monoisotopic (exact) mass is 381 g/mol. The predicted octanol–water partition coefficient (Wildman–Crippen LogP) is 1.71. The summed E-state index contributed by atoms with van der Waals surface area (Å²) in [6.07, 6.45) is 0. The molecule has 1 atom stereocenters. The maximum Gasteiger partial charge on any atom is 0.340 e. The lowest BCUT2D eigenvalue weighted by atomic mass is 10.1. The van der Waals surface area contributed by atoms with Crippen molar-refractivity contribution in [2.24, 2.45) is 5.73 Å². The van der Waals surface area contributed by atoms with E-state index in [1.54, 1.807) is 41.5 Å². The second-order valence-electron chi connectivity index (χ2n) is 7.91. The van der Waals surface area contributed by atoms with Crippen LogP contribution >= 0.6 is 0 Å². The Balaban J connectivity index is 2.98. The van der Waals surface area contributed by atoms with Gasteiger partial charge in [-0.3, -0.25) is 0 Å². The lowest BCUT2D eigenvalue weighted by molar-refractivity contribution is -0.161. The molecule has 8 nitrogen and oxygen atoms in total. The minimum atomic E-state index is -1.63. The van der Waals surface area contributed by atoms with E-state index in [4.69, 9.17) is 19.9 Å². The van der Waals surface area contributed by atoms with Crippen LogP contribution in [0.1, 0.15) is 57.5 Å². The Morgan fingerprint density at radius 2 is 1.56 bits per heavy atom. The Bertz CT molecular complexity index is 714. The molecule has 3 N–H and O–H groups in total. The lowest BCUT2D eigenvalue weighted by Crippen LogP contribution is -2.45. The third-order valence-corrected chi connectivity index (χ3v) is 3.00. The van der Waals surface area contributed by atoms with Gasteiger partial charge in [0.25, 0.3) is 0 Å². The minimum absolute atomic E-state index is 0.0166. The summed E-state index contributed by atoms with van der Waals surface area (Å²) in [6.45, 7) is 9.63. The van der Waals surface area contributed by atoms with Gasteiger partial charge >= 0.3 is 17.9 Å².